The first-order chi connectivity index (χ1) is 16.9. The van der Waals surface area contributed by atoms with Crippen LogP contribution in [0, 0.1) is 0 Å². The fourth-order valence-corrected chi connectivity index (χ4v) is 4.67. The Morgan fingerprint density at radius 2 is 1.97 bits per heavy atom. The van der Waals surface area contributed by atoms with Crippen molar-refractivity contribution in [3.8, 4) is 22.5 Å². The van der Waals surface area contributed by atoms with Crippen LogP contribution in [0.2, 0.25) is 0 Å². The Kier molecular flexibility index (Phi) is 6.24. The molecule has 1 unspecified atom stereocenters. The van der Waals surface area contributed by atoms with E-state index in [0.29, 0.717) is 41.9 Å². The summed E-state index contributed by atoms with van der Waals surface area (Å²) in [7, 11) is 0. The second-order valence-corrected chi connectivity index (χ2v) is 9.18. The van der Waals surface area contributed by atoms with Gasteiger partial charge in [-0.05, 0) is 37.6 Å². The summed E-state index contributed by atoms with van der Waals surface area (Å²) >= 11 is 1.34. The predicted molar refractivity (Wildman–Crippen MR) is 133 cm³/mol. The molecule has 180 valence electrons. The van der Waals surface area contributed by atoms with Crippen LogP contribution in [0.5, 0.6) is 0 Å². The highest BCUT2D eigenvalue weighted by molar-refractivity contribution is 7.22. The Hall–Kier alpha value is -3.74. The Morgan fingerprint density at radius 1 is 1.20 bits per heavy atom. The molecule has 3 aromatic heterocycles. The van der Waals surface area contributed by atoms with Gasteiger partial charge in [0.1, 0.15) is 11.9 Å². The van der Waals surface area contributed by atoms with Gasteiger partial charge in [-0.3, -0.25) is 5.32 Å². The molecule has 0 saturated carbocycles. The monoisotopic (exact) mass is 492 g/mol. The zero-order chi connectivity index (χ0) is 24.5. The van der Waals surface area contributed by atoms with Gasteiger partial charge in [-0.1, -0.05) is 11.3 Å². The molecule has 5 rings (SSSR count). The number of benzene rings is 1. The molecular weight excluding hydrogens is 468 g/mol. The van der Waals surface area contributed by atoms with Gasteiger partial charge >= 0.3 is 6.03 Å². The number of carbonyl (C=O) groups is 1. The van der Waals surface area contributed by atoms with Gasteiger partial charge in [0, 0.05) is 49.4 Å². The number of thiazole rings is 1. The zero-order valence-corrected chi connectivity index (χ0v) is 20.0. The van der Waals surface area contributed by atoms with Crippen LogP contribution >= 0.6 is 11.3 Å². The van der Waals surface area contributed by atoms with Crippen LogP contribution in [-0.4, -0.2) is 66.9 Å². The van der Waals surface area contributed by atoms with E-state index in [4.69, 9.17) is 4.98 Å². The smallest absolute Gasteiger partial charge is 0.321 e. The molecule has 1 aliphatic rings. The SMILES string of the molecule is CCNC(=O)Nc1nc2cc(-c3cnc(C(C)O)nc3)cc(-c3nccc(N4CC(O)C4)n3)c2s1. The van der Waals surface area contributed by atoms with E-state index in [9.17, 15) is 15.0 Å². The van der Waals surface area contributed by atoms with E-state index in [-0.39, 0.29) is 12.1 Å². The minimum Gasteiger partial charge on any atom is -0.389 e. The number of urea groups is 1. The average molecular weight is 493 g/mol. The van der Waals surface area contributed by atoms with E-state index in [1.807, 2.05) is 30.0 Å². The van der Waals surface area contributed by atoms with Crippen molar-refractivity contribution in [1.29, 1.82) is 0 Å². The number of hydrogen-bond acceptors (Lipinski definition) is 10. The number of anilines is 2. The molecule has 0 spiro atoms. The lowest BCUT2D eigenvalue weighted by molar-refractivity contribution is 0.141. The maximum Gasteiger partial charge on any atom is 0.321 e. The van der Waals surface area contributed by atoms with Crippen molar-refractivity contribution >= 4 is 38.5 Å². The molecule has 1 atom stereocenters. The minimum atomic E-state index is -0.764. The number of nitrogens with one attached hydrogen (secondary N) is 2. The summed E-state index contributed by atoms with van der Waals surface area (Å²) in [5, 5.41) is 25.3. The molecule has 1 saturated heterocycles. The number of aliphatic hydroxyl groups excluding tert-OH is 2. The van der Waals surface area contributed by atoms with Crippen molar-refractivity contribution in [3.63, 3.8) is 0 Å². The minimum absolute atomic E-state index is 0.329. The Bertz CT molecular complexity index is 1370. The molecule has 2 amide bonds. The Morgan fingerprint density at radius 3 is 2.66 bits per heavy atom. The molecule has 35 heavy (non-hydrogen) atoms. The van der Waals surface area contributed by atoms with E-state index < -0.39 is 6.10 Å². The topological polar surface area (TPSA) is 149 Å². The molecule has 4 heterocycles. The van der Waals surface area contributed by atoms with Gasteiger partial charge in [0.05, 0.1) is 16.3 Å². The number of hydrogen-bond donors (Lipinski definition) is 4. The Labute approximate surface area is 204 Å². The zero-order valence-electron chi connectivity index (χ0n) is 19.1. The molecule has 0 radical (unpaired) electrons. The standard InChI is InChI=1S/C23H24N8O3S/c1-3-24-22(34)30-23-28-17-7-13(14-8-26-20(12(2)32)27-9-14)6-16(19(17)35-23)21-25-5-4-18(29-21)31-10-15(33)11-31/h4-9,12,15,32-33H,3,10-11H2,1-2H3,(H2,24,28,30,34). The summed E-state index contributed by atoms with van der Waals surface area (Å²) in [5.74, 6) is 1.57. The highest BCUT2D eigenvalue weighted by Crippen LogP contribution is 2.38. The van der Waals surface area contributed by atoms with Gasteiger partial charge in [-0.2, -0.15) is 0 Å². The van der Waals surface area contributed by atoms with Crippen molar-refractivity contribution in [2.45, 2.75) is 26.1 Å². The largest absolute Gasteiger partial charge is 0.389 e. The molecule has 4 N–H and O–H groups in total. The number of fused-ring (bicyclic) bond motifs is 1. The van der Waals surface area contributed by atoms with Gasteiger partial charge in [-0.15, -0.1) is 0 Å². The van der Waals surface area contributed by atoms with Crippen LogP contribution < -0.4 is 15.5 Å². The maximum absolute atomic E-state index is 12.1. The van der Waals surface area contributed by atoms with Crippen molar-refractivity contribution < 1.29 is 15.0 Å². The quantitative estimate of drug-likeness (QED) is 0.318. The van der Waals surface area contributed by atoms with Crippen molar-refractivity contribution in [2.24, 2.45) is 0 Å². The maximum atomic E-state index is 12.1. The van der Waals surface area contributed by atoms with Gasteiger partial charge < -0.3 is 20.4 Å². The lowest BCUT2D eigenvalue weighted by atomic mass is 10.0. The number of nitrogens with zero attached hydrogens (tertiary/aromatic N) is 6. The second kappa shape index (κ2) is 9.49. The molecule has 1 aliphatic heterocycles. The second-order valence-electron chi connectivity index (χ2n) is 8.18. The average Bonchev–Trinajstić information content (AvgIpc) is 3.23. The summed E-state index contributed by atoms with van der Waals surface area (Å²) in [6, 6.07) is 5.33. The highest BCUT2D eigenvalue weighted by atomic mass is 32.1. The lowest BCUT2D eigenvalue weighted by Gasteiger charge is -2.36. The lowest BCUT2D eigenvalue weighted by Crippen LogP contribution is -2.51. The summed E-state index contributed by atoms with van der Waals surface area (Å²) < 4.78 is 0.822. The summed E-state index contributed by atoms with van der Waals surface area (Å²) in [6.07, 6.45) is 3.88. The first kappa shape index (κ1) is 23.0. The van der Waals surface area contributed by atoms with Gasteiger partial charge in [0.2, 0.25) is 0 Å². The summed E-state index contributed by atoms with van der Waals surface area (Å²) in [4.78, 5) is 36.4. The van der Waals surface area contributed by atoms with Gasteiger partial charge in [0.25, 0.3) is 0 Å². The first-order valence-electron chi connectivity index (χ1n) is 11.2. The van der Waals surface area contributed by atoms with E-state index in [1.165, 1.54) is 11.3 Å². The van der Waals surface area contributed by atoms with E-state index in [2.05, 4.69) is 30.6 Å². The predicted octanol–water partition coefficient (Wildman–Crippen LogP) is 2.59. The van der Waals surface area contributed by atoms with Crippen LogP contribution in [0.1, 0.15) is 25.8 Å². The van der Waals surface area contributed by atoms with Crippen molar-refractivity contribution in [3.05, 3.63) is 42.6 Å². The highest BCUT2D eigenvalue weighted by Gasteiger charge is 2.26. The molecule has 4 aromatic rings. The number of aromatic nitrogens is 5. The molecular formula is C23H24N8O3S. The third-order valence-corrected chi connectivity index (χ3v) is 6.51. The van der Waals surface area contributed by atoms with Gasteiger partial charge in [-0.25, -0.2) is 29.7 Å². The molecule has 11 nitrogen and oxygen atoms in total. The first-order valence-corrected chi connectivity index (χ1v) is 12.0. The number of carbonyl (C=O) groups excluding carboxylic acids is 1. The molecule has 1 aromatic carbocycles. The molecule has 0 aliphatic carbocycles. The molecule has 12 heteroatoms. The number of amides is 2. The van der Waals surface area contributed by atoms with E-state index >= 15 is 0 Å². The fourth-order valence-electron chi connectivity index (χ4n) is 3.72. The third-order valence-electron chi connectivity index (χ3n) is 5.49. The normalized spacial score (nSPS) is 14.6. The van der Waals surface area contributed by atoms with Crippen LogP contribution in [0.3, 0.4) is 0 Å². The number of β-amino-alcohol motifs (C(OH)–C–C–N with tert-alkyl or cyclic N) is 1. The fraction of sp³-hybridized carbons (Fsp3) is 0.304. The van der Waals surface area contributed by atoms with E-state index in [0.717, 1.165) is 27.2 Å². The third kappa shape index (κ3) is 4.76. The van der Waals surface area contributed by atoms with Crippen LogP contribution in [0.25, 0.3) is 32.7 Å². The summed E-state index contributed by atoms with van der Waals surface area (Å²) in [5.41, 5.74) is 2.96. The van der Waals surface area contributed by atoms with Gasteiger partial charge in [0.15, 0.2) is 16.8 Å². The van der Waals surface area contributed by atoms with Crippen molar-refractivity contribution in [2.75, 3.05) is 29.9 Å². The van der Waals surface area contributed by atoms with Crippen LogP contribution in [0.4, 0.5) is 15.7 Å². The number of aliphatic hydroxyl groups is 2. The van der Waals surface area contributed by atoms with Crippen molar-refractivity contribution in [1.82, 2.24) is 30.2 Å². The van der Waals surface area contributed by atoms with E-state index in [1.54, 1.807) is 25.5 Å². The Balaban J connectivity index is 1.60. The van der Waals surface area contributed by atoms with Crippen LogP contribution in [0.15, 0.2) is 36.8 Å². The molecule has 1 fully saturated rings. The number of rotatable bonds is 6. The molecule has 0 bridgehead atoms. The van der Waals surface area contributed by atoms with Crippen LogP contribution in [-0.2, 0) is 0 Å². The summed E-state index contributed by atoms with van der Waals surface area (Å²) in [6.45, 7) is 5.01.